The first-order chi connectivity index (χ1) is 11.9. The van der Waals surface area contributed by atoms with Gasteiger partial charge < -0.3 is 10.6 Å². The molecule has 0 saturated carbocycles. The van der Waals surface area contributed by atoms with Gasteiger partial charge in [-0.25, -0.2) is 18.3 Å². The topological polar surface area (TPSA) is 93.3 Å². The minimum Gasteiger partial charge on any atom is -0.352 e. The van der Waals surface area contributed by atoms with Crippen molar-refractivity contribution >= 4 is 23.2 Å². The number of nitrogens with one attached hydrogen (secondary N) is 2. The molecule has 0 spiro atoms. The van der Waals surface area contributed by atoms with Gasteiger partial charge in [0, 0.05) is 17.9 Å². The van der Waals surface area contributed by atoms with Gasteiger partial charge in [0.05, 0.1) is 0 Å². The van der Waals surface area contributed by atoms with Crippen molar-refractivity contribution < 1.29 is 9.18 Å². The highest BCUT2D eigenvalue weighted by Gasteiger charge is 2.12. The lowest BCUT2D eigenvalue weighted by Crippen LogP contribution is -2.36. The molecule has 1 amide bonds. The Balaban J connectivity index is 1.84. The molecule has 2 heterocycles. The first kappa shape index (κ1) is 16.6. The van der Waals surface area contributed by atoms with E-state index in [0.29, 0.717) is 11.5 Å². The van der Waals surface area contributed by atoms with Crippen molar-refractivity contribution in [3.05, 3.63) is 52.8 Å². The molecule has 3 rings (SSSR count). The average molecular weight is 344 g/mol. The molecule has 1 aromatic carbocycles. The van der Waals surface area contributed by atoms with E-state index < -0.39 is 5.69 Å². The van der Waals surface area contributed by atoms with E-state index in [1.165, 1.54) is 22.7 Å². The summed E-state index contributed by atoms with van der Waals surface area (Å²) in [6.07, 6.45) is 1.51. The molecule has 0 aliphatic rings. The minimum absolute atomic E-state index is 0.0233. The number of hydrogen-bond acceptors (Lipinski definition) is 5. The van der Waals surface area contributed by atoms with Crippen molar-refractivity contribution in [2.24, 2.45) is 0 Å². The predicted octanol–water partition coefficient (Wildman–Crippen LogP) is 1.30. The minimum atomic E-state index is -0.449. The monoisotopic (exact) mass is 344 g/mol. The molecule has 0 saturated heterocycles. The van der Waals surface area contributed by atoms with Gasteiger partial charge in [0.2, 0.25) is 5.91 Å². The van der Waals surface area contributed by atoms with Gasteiger partial charge in [0.1, 0.15) is 18.2 Å². The van der Waals surface area contributed by atoms with Crippen LogP contribution in [0.3, 0.4) is 0 Å². The summed E-state index contributed by atoms with van der Waals surface area (Å²) in [7, 11) is 0. The van der Waals surface area contributed by atoms with Crippen molar-refractivity contribution in [2.75, 3.05) is 5.32 Å². The summed E-state index contributed by atoms with van der Waals surface area (Å²) in [6.45, 7) is 3.49. The third kappa shape index (κ3) is 3.82. The van der Waals surface area contributed by atoms with Gasteiger partial charge in [-0.15, -0.1) is 5.10 Å². The van der Waals surface area contributed by atoms with Crippen LogP contribution in [0, 0.1) is 5.82 Å². The van der Waals surface area contributed by atoms with Crippen LogP contribution >= 0.6 is 0 Å². The Kier molecular flexibility index (Phi) is 4.46. The van der Waals surface area contributed by atoms with Crippen LogP contribution in [0.5, 0.6) is 0 Å². The molecular weight excluding hydrogens is 327 g/mol. The normalized spacial score (nSPS) is 11.0. The maximum atomic E-state index is 12.9. The molecule has 0 aliphatic heterocycles. The quantitative estimate of drug-likeness (QED) is 0.728. The summed E-state index contributed by atoms with van der Waals surface area (Å²) in [5.41, 5.74) is 0.200. The maximum Gasteiger partial charge on any atom is 0.352 e. The first-order valence-corrected chi connectivity index (χ1v) is 7.70. The lowest BCUT2D eigenvalue weighted by atomic mass is 10.3. The molecule has 9 heteroatoms. The van der Waals surface area contributed by atoms with E-state index in [4.69, 9.17) is 0 Å². The smallest absolute Gasteiger partial charge is 0.352 e. The van der Waals surface area contributed by atoms with Gasteiger partial charge in [0.25, 0.3) is 5.78 Å². The number of aromatic nitrogens is 4. The number of hydrogen-bond donors (Lipinski definition) is 2. The predicted molar refractivity (Wildman–Crippen MR) is 90.2 cm³/mol. The highest BCUT2D eigenvalue weighted by Crippen LogP contribution is 2.14. The van der Waals surface area contributed by atoms with Crippen molar-refractivity contribution in [3.8, 4) is 0 Å². The zero-order valence-corrected chi connectivity index (χ0v) is 13.7. The summed E-state index contributed by atoms with van der Waals surface area (Å²) >= 11 is 0. The summed E-state index contributed by atoms with van der Waals surface area (Å²) in [6, 6.07) is 7.37. The van der Waals surface area contributed by atoms with E-state index in [0.717, 1.165) is 4.68 Å². The molecule has 3 aromatic rings. The fourth-order valence-corrected chi connectivity index (χ4v) is 2.26. The van der Waals surface area contributed by atoms with E-state index in [2.05, 4.69) is 20.7 Å². The van der Waals surface area contributed by atoms with Crippen molar-refractivity contribution in [3.63, 3.8) is 0 Å². The zero-order chi connectivity index (χ0) is 18.0. The van der Waals surface area contributed by atoms with Crippen LogP contribution in [-0.4, -0.2) is 31.1 Å². The van der Waals surface area contributed by atoms with Gasteiger partial charge in [-0.1, -0.05) is 0 Å². The van der Waals surface area contributed by atoms with E-state index in [9.17, 15) is 14.0 Å². The molecule has 130 valence electrons. The summed E-state index contributed by atoms with van der Waals surface area (Å²) in [5, 5.41) is 9.77. The molecule has 0 bridgehead atoms. The lowest BCUT2D eigenvalue weighted by Gasteiger charge is -2.06. The standard InChI is InChI=1S/C16H17FN6O2/c1-10(2)18-14(24)9-23-16(25)22-8-7-13(20-15(22)21-23)19-12-5-3-11(17)4-6-12/h3-8,10H,9H2,1-2H3,(H,18,24)(H,19,20,21). The maximum absolute atomic E-state index is 12.9. The van der Waals surface area contributed by atoms with Gasteiger partial charge >= 0.3 is 5.69 Å². The van der Waals surface area contributed by atoms with Crippen molar-refractivity contribution in [1.82, 2.24) is 24.5 Å². The molecule has 0 fully saturated rings. The zero-order valence-electron chi connectivity index (χ0n) is 13.7. The van der Waals surface area contributed by atoms with Crippen molar-refractivity contribution in [1.29, 1.82) is 0 Å². The number of rotatable bonds is 5. The van der Waals surface area contributed by atoms with E-state index >= 15 is 0 Å². The largest absolute Gasteiger partial charge is 0.352 e. The van der Waals surface area contributed by atoms with Crippen LogP contribution < -0.4 is 16.3 Å². The van der Waals surface area contributed by atoms with Crippen LogP contribution in [0.15, 0.2) is 41.3 Å². The van der Waals surface area contributed by atoms with Crippen LogP contribution in [0.4, 0.5) is 15.9 Å². The number of fused-ring (bicyclic) bond motifs is 1. The van der Waals surface area contributed by atoms with Crippen LogP contribution in [-0.2, 0) is 11.3 Å². The lowest BCUT2D eigenvalue weighted by molar-refractivity contribution is -0.122. The van der Waals surface area contributed by atoms with E-state index in [1.807, 2.05) is 13.8 Å². The van der Waals surface area contributed by atoms with Crippen LogP contribution in [0.1, 0.15) is 13.8 Å². The second-order valence-corrected chi connectivity index (χ2v) is 5.78. The van der Waals surface area contributed by atoms with Gasteiger partial charge in [-0.3, -0.25) is 4.79 Å². The molecule has 0 radical (unpaired) electrons. The van der Waals surface area contributed by atoms with Gasteiger partial charge in [-0.2, -0.15) is 4.98 Å². The number of benzene rings is 1. The fraction of sp³-hybridized carbons (Fsp3) is 0.250. The fourth-order valence-electron chi connectivity index (χ4n) is 2.26. The third-order valence-corrected chi connectivity index (χ3v) is 3.31. The second-order valence-electron chi connectivity index (χ2n) is 5.78. The third-order valence-electron chi connectivity index (χ3n) is 3.31. The Hall–Kier alpha value is -3.23. The van der Waals surface area contributed by atoms with Crippen LogP contribution in [0.25, 0.3) is 5.78 Å². The molecule has 25 heavy (non-hydrogen) atoms. The Morgan fingerprint density at radius 2 is 1.96 bits per heavy atom. The van der Waals surface area contributed by atoms with Crippen molar-refractivity contribution in [2.45, 2.75) is 26.4 Å². The van der Waals surface area contributed by atoms with Gasteiger partial charge in [0.15, 0.2) is 0 Å². The van der Waals surface area contributed by atoms with E-state index in [1.54, 1.807) is 18.2 Å². The summed E-state index contributed by atoms with van der Waals surface area (Å²) < 4.78 is 15.2. The highest BCUT2D eigenvalue weighted by molar-refractivity contribution is 5.75. The number of nitrogens with zero attached hydrogens (tertiary/aromatic N) is 4. The molecule has 0 unspecified atom stereocenters. The molecule has 0 aliphatic carbocycles. The summed E-state index contributed by atoms with van der Waals surface area (Å²) in [4.78, 5) is 28.3. The number of carbonyl (C=O) groups is 1. The number of carbonyl (C=O) groups excluding carboxylic acids is 1. The second kappa shape index (κ2) is 6.71. The average Bonchev–Trinajstić information content (AvgIpc) is 2.84. The molecule has 2 aromatic heterocycles. The number of anilines is 2. The Morgan fingerprint density at radius 3 is 2.64 bits per heavy atom. The van der Waals surface area contributed by atoms with E-state index in [-0.39, 0.29) is 30.1 Å². The summed E-state index contributed by atoms with van der Waals surface area (Å²) in [5.74, 6) is -0.0264. The molecule has 0 atom stereocenters. The highest BCUT2D eigenvalue weighted by atomic mass is 19.1. The number of amides is 1. The molecule has 8 nitrogen and oxygen atoms in total. The molecular formula is C16H17FN6O2. The SMILES string of the molecule is CC(C)NC(=O)Cn1nc2nc(Nc3ccc(F)cc3)ccn2c1=O. The Morgan fingerprint density at radius 1 is 1.24 bits per heavy atom. The van der Waals surface area contributed by atoms with Gasteiger partial charge in [-0.05, 0) is 44.2 Å². The van der Waals surface area contributed by atoms with Crippen LogP contribution in [0.2, 0.25) is 0 Å². The molecule has 2 N–H and O–H groups in total. The first-order valence-electron chi connectivity index (χ1n) is 7.70. The Labute approximate surface area is 142 Å². The Bertz CT molecular complexity index is 961. The number of halogens is 1.